The van der Waals surface area contributed by atoms with Gasteiger partial charge in [-0.1, -0.05) is 6.92 Å². The van der Waals surface area contributed by atoms with E-state index in [9.17, 15) is 9.59 Å². The molecule has 1 aliphatic carbocycles. The van der Waals surface area contributed by atoms with Gasteiger partial charge < -0.3 is 9.80 Å². The van der Waals surface area contributed by atoms with Crippen LogP contribution in [0.5, 0.6) is 0 Å². The van der Waals surface area contributed by atoms with Gasteiger partial charge in [0.05, 0.1) is 0 Å². The van der Waals surface area contributed by atoms with Gasteiger partial charge >= 0.3 is 0 Å². The number of nitrogens with zero attached hydrogens (tertiary/aromatic N) is 3. The van der Waals surface area contributed by atoms with Gasteiger partial charge in [0.1, 0.15) is 0 Å². The molecule has 3 aliphatic heterocycles. The molecule has 0 radical (unpaired) electrons. The van der Waals surface area contributed by atoms with Gasteiger partial charge in [-0.25, -0.2) is 0 Å². The summed E-state index contributed by atoms with van der Waals surface area (Å²) < 4.78 is 0. The highest BCUT2D eigenvalue weighted by atomic mass is 16.2. The Balaban J connectivity index is 1.37. The van der Waals surface area contributed by atoms with Crippen LogP contribution < -0.4 is 0 Å². The van der Waals surface area contributed by atoms with E-state index in [0.717, 1.165) is 44.8 Å². The number of carbonyl (C=O) groups is 2. The lowest BCUT2D eigenvalue weighted by molar-refractivity contribution is -0.144. The van der Waals surface area contributed by atoms with E-state index >= 15 is 0 Å². The van der Waals surface area contributed by atoms with Gasteiger partial charge in [-0.2, -0.15) is 0 Å². The summed E-state index contributed by atoms with van der Waals surface area (Å²) in [5.74, 6) is 2.61. The van der Waals surface area contributed by atoms with Crippen molar-refractivity contribution in [1.82, 2.24) is 14.7 Å². The monoisotopic (exact) mass is 403 g/mol. The minimum Gasteiger partial charge on any atom is -0.342 e. The van der Waals surface area contributed by atoms with Crippen LogP contribution in [0.25, 0.3) is 0 Å². The molecule has 164 valence electrons. The molecule has 0 bridgehead atoms. The second-order valence-electron chi connectivity index (χ2n) is 10.1. The summed E-state index contributed by atoms with van der Waals surface area (Å²) >= 11 is 0. The number of hydrogen-bond donors (Lipinski definition) is 0. The second-order valence-corrected chi connectivity index (χ2v) is 10.1. The fraction of sp³-hybridized carbons (Fsp3) is 0.917. The van der Waals surface area contributed by atoms with Crippen LogP contribution in [0.3, 0.4) is 0 Å². The van der Waals surface area contributed by atoms with Crippen LogP contribution in [-0.2, 0) is 9.59 Å². The van der Waals surface area contributed by atoms with E-state index in [4.69, 9.17) is 0 Å². The Hall–Kier alpha value is -1.10. The minimum atomic E-state index is 0.240. The van der Waals surface area contributed by atoms with Gasteiger partial charge in [-0.05, 0) is 88.6 Å². The Morgan fingerprint density at radius 1 is 1.07 bits per heavy atom. The first kappa shape index (κ1) is 21.1. The molecule has 4 atom stereocenters. The lowest BCUT2D eigenvalue weighted by Gasteiger charge is -2.57. The van der Waals surface area contributed by atoms with E-state index in [1.807, 2.05) is 0 Å². The lowest BCUT2D eigenvalue weighted by Crippen LogP contribution is -2.65. The zero-order valence-corrected chi connectivity index (χ0v) is 18.7. The fourth-order valence-electron chi connectivity index (χ4n) is 6.55. The lowest BCUT2D eigenvalue weighted by atomic mass is 9.69. The molecule has 2 amide bonds. The number of amides is 2. The number of rotatable bonds is 8. The highest BCUT2D eigenvalue weighted by Gasteiger charge is 2.48. The third-order valence-corrected chi connectivity index (χ3v) is 7.99. The maximum atomic E-state index is 12.8. The predicted octanol–water partition coefficient (Wildman–Crippen LogP) is 3.53. The predicted molar refractivity (Wildman–Crippen MR) is 115 cm³/mol. The van der Waals surface area contributed by atoms with Crippen LogP contribution in [0.1, 0.15) is 78.1 Å². The van der Waals surface area contributed by atoms with Gasteiger partial charge in [0.2, 0.25) is 11.8 Å². The Morgan fingerprint density at radius 2 is 1.83 bits per heavy atom. The molecular formula is C24H41N3O2. The highest BCUT2D eigenvalue weighted by molar-refractivity contribution is 5.76. The third-order valence-electron chi connectivity index (χ3n) is 7.99. The van der Waals surface area contributed by atoms with Gasteiger partial charge in [-0.3, -0.25) is 14.5 Å². The quantitative estimate of drug-likeness (QED) is 0.623. The molecule has 3 heterocycles. The Labute approximate surface area is 177 Å². The highest BCUT2D eigenvalue weighted by Crippen LogP contribution is 2.43. The molecule has 1 saturated carbocycles. The molecular weight excluding hydrogens is 362 g/mol. The van der Waals surface area contributed by atoms with Gasteiger partial charge in [-0.15, -0.1) is 0 Å². The van der Waals surface area contributed by atoms with E-state index in [1.54, 1.807) is 6.92 Å². The molecule has 4 rings (SSSR count). The molecule has 0 unspecified atom stereocenters. The Kier molecular flexibility index (Phi) is 6.83. The smallest absolute Gasteiger partial charge is 0.222 e. The molecule has 0 aromatic rings. The summed E-state index contributed by atoms with van der Waals surface area (Å²) in [6, 6.07) is 1.02. The van der Waals surface area contributed by atoms with E-state index in [1.165, 1.54) is 51.6 Å². The van der Waals surface area contributed by atoms with E-state index in [0.29, 0.717) is 36.2 Å². The molecule has 4 fully saturated rings. The van der Waals surface area contributed by atoms with Gasteiger partial charge in [0, 0.05) is 45.1 Å². The summed E-state index contributed by atoms with van der Waals surface area (Å²) in [6.07, 6.45) is 11.3. The third kappa shape index (κ3) is 4.81. The normalized spacial score (nSPS) is 32.0. The first-order valence-electron chi connectivity index (χ1n) is 12.4. The summed E-state index contributed by atoms with van der Waals surface area (Å²) in [5.41, 5.74) is 0. The zero-order valence-electron chi connectivity index (χ0n) is 18.7. The average Bonchev–Trinajstić information content (AvgIpc) is 3.53. The molecule has 3 saturated heterocycles. The SMILES string of the molecule is CCCN(CC1CC1)C(=O)CCC[C@@H]1[C@H]2CCCN3CCC[C@@H](CN1C(C)=O)[C@@H]23. The minimum absolute atomic E-state index is 0.240. The van der Waals surface area contributed by atoms with E-state index < -0.39 is 0 Å². The first-order chi connectivity index (χ1) is 14.1. The van der Waals surface area contributed by atoms with Crippen molar-refractivity contribution in [2.75, 3.05) is 32.7 Å². The number of carbonyl (C=O) groups excluding carboxylic acids is 2. The van der Waals surface area contributed by atoms with Crippen LogP contribution in [0.15, 0.2) is 0 Å². The molecule has 5 nitrogen and oxygen atoms in total. The summed E-state index contributed by atoms with van der Waals surface area (Å²) in [6.45, 7) is 9.22. The average molecular weight is 404 g/mol. The van der Waals surface area contributed by atoms with Crippen molar-refractivity contribution in [1.29, 1.82) is 0 Å². The largest absolute Gasteiger partial charge is 0.342 e. The standard InChI is InChI=1S/C24H41N3O2/c1-3-13-26(16-19-11-12-19)23(29)10-4-9-22-21-8-6-15-25-14-5-7-20(24(21)25)17-27(22)18(2)28/h19-22,24H,3-17H2,1-2H3/t20-,21+,22+,24-/m0/s1. The summed E-state index contributed by atoms with van der Waals surface area (Å²) in [4.78, 5) is 32.4. The van der Waals surface area contributed by atoms with E-state index in [2.05, 4.69) is 21.6 Å². The molecule has 4 aliphatic rings. The van der Waals surface area contributed by atoms with E-state index in [-0.39, 0.29) is 5.91 Å². The molecule has 0 N–H and O–H groups in total. The first-order valence-corrected chi connectivity index (χ1v) is 12.4. The molecule has 0 aromatic carbocycles. The van der Waals surface area contributed by atoms with Crippen LogP contribution in [0.4, 0.5) is 0 Å². The topological polar surface area (TPSA) is 43.9 Å². The molecule has 0 aromatic heterocycles. The van der Waals surface area contributed by atoms with Crippen molar-refractivity contribution >= 4 is 11.8 Å². The van der Waals surface area contributed by atoms with Crippen LogP contribution in [0, 0.1) is 17.8 Å². The summed E-state index contributed by atoms with van der Waals surface area (Å²) in [5, 5.41) is 0. The molecule has 0 spiro atoms. The maximum Gasteiger partial charge on any atom is 0.222 e. The Bertz CT molecular complexity index is 589. The van der Waals surface area contributed by atoms with Crippen LogP contribution in [0.2, 0.25) is 0 Å². The fourth-order valence-corrected chi connectivity index (χ4v) is 6.55. The Morgan fingerprint density at radius 3 is 2.52 bits per heavy atom. The maximum absolute atomic E-state index is 12.8. The number of hydrogen-bond acceptors (Lipinski definition) is 3. The van der Waals surface area contributed by atoms with Crippen molar-refractivity contribution in [3.8, 4) is 0 Å². The van der Waals surface area contributed by atoms with Crippen molar-refractivity contribution in [2.24, 2.45) is 17.8 Å². The van der Waals surface area contributed by atoms with Gasteiger partial charge in [0.15, 0.2) is 0 Å². The van der Waals surface area contributed by atoms with Crippen LogP contribution in [-0.4, -0.2) is 71.3 Å². The van der Waals surface area contributed by atoms with Crippen molar-refractivity contribution in [3.05, 3.63) is 0 Å². The number of piperidine rings is 3. The van der Waals surface area contributed by atoms with Gasteiger partial charge in [0.25, 0.3) is 0 Å². The summed E-state index contributed by atoms with van der Waals surface area (Å²) in [7, 11) is 0. The van der Waals surface area contributed by atoms with Crippen molar-refractivity contribution in [3.63, 3.8) is 0 Å². The van der Waals surface area contributed by atoms with Crippen LogP contribution >= 0.6 is 0 Å². The number of likely N-dealkylation sites (tertiary alicyclic amines) is 1. The molecule has 29 heavy (non-hydrogen) atoms. The van der Waals surface area contributed by atoms with Crippen molar-refractivity contribution < 1.29 is 9.59 Å². The molecule has 5 heteroatoms. The second kappa shape index (κ2) is 9.36. The zero-order chi connectivity index (χ0) is 20.4. The van der Waals surface area contributed by atoms with Crippen molar-refractivity contribution in [2.45, 2.75) is 90.1 Å².